The van der Waals surface area contributed by atoms with Crippen molar-refractivity contribution >= 4 is 29.1 Å². The van der Waals surface area contributed by atoms with Crippen molar-refractivity contribution in [1.29, 1.82) is 0 Å². The topological polar surface area (TPSA) is 29.5 Å². The molecule has 1 saturated carbocycles. The van der Waals surface area contributed by atoms with Crippen LogP contribution in [-0.2, 0) is 11.2 Å². The van der Waals surface area contributed by atoms with Crippen molar-refractivity contribution in [1.82, 2.24) is 4.90 Å². The summed E-state index contributed by atoms with van der Waals surface area (Å²) in [6.07, 6.45) is 7.17. The number of hydrogen-bond acceptors (Lipinski definition) is 2. The Kier molecular flexibility index (Phi) is 5.38. The Morgan fingerprint density at radius 1 is 1.26 bits per heavy atom. The van der Waals surface area contributed by atoms with Crippen LogP contribution in [0.4, 0.5) is 0 Å². The Hall–Kier alpha value is -0.930. The van der Waals surface area contributed by atoms with Crippen LogP contribution in [0.1, 0.15) is 44.1 Å². The van der Waals surface area contributed by atoms with Crippen molar-refractivity contribution in [2.24, 2.45) is 5.92 Å². The minimum Gasteiger partial charge on any atom is -0.496 e. The van der Waals surface area contributed by atoms with Crippen molar-refractivity contribution in [3.05, 3.63) is 27.7 Å². The molecular formula is C18H23Cl2NO2. The van der Waals surface area contributed by atoms with E-state index in [1.54, 1.807) is 13.2 Å². The zero-order chi connectivity index (χ0) is 16.4. The molecule has 5 heteroatoms. The number of nitrogens with zero attached hydrogens (tertiary/aromatic N) is 1. The van der Waals surface area contributed by atoms with Gasteiger partial charge in [-0.1, -0.05) is 29.6 Å². The number of hydrogen-bond donors (Lipinski definition) is 0. The fourth-order valence-corrected chi connectivity index (χ4v) is 4.59. The molecule has 1 aromatic carbocycles. The van der Waals surface area contributed by atoms with Crippen LogP contribution < -0.4 is 4.74 Å². The molecular weight excluding hydrogens is 333 g/mol. The van der Waals surface area contributed by atoms with Gasteiger partial charge in [-0.05, 0) is 50.2 Å². The van der Waals surface area contributed by atoms with Gasteiger partial charge in [0.15, 0.2) is 0 Å². The van der Waals surface area contributed by atoms with Gasteiger partial charge in [-0.25, -0.2) is 0 Å². The van der Waals surface area contributed by atoms with Gasteiger partial charge in [-0.2, -0.15) is 0 Å². The molecule has 1 aromatic rings. The van der Waals surface area contributed by atoms with E-state index in [-0.39, 0.29) is 0 Å². The van der Waals surface area contributed by atoms with Crippen molar-refractivity contribution in [2.75, 3.05) is 13.7 Å². The summed E-state index contributed by atoms with van der Waals surface area (Å²) in [6, 6.07) is 4.01. The maximum absolute atomic E-state index is 12.0. The summed E-state index contributed by atoms with van der Waals surface area (Å²) in [5.41, 5.74) is 1.04. The first-order valence-corrected chi connectivity index (χ1v) is 9.15. The molecule has 126 valence electrons. The average Bonchev–Trinajstić information content (AvgIpc) is 2.96. The summed E-state index contributed by atoms with van der Waals surface area (Å²) in [6.45, 7) is 0.932. The summed E-state index contributed by atoms with van der Waals surface area (Å²) < 4.78 is 5.46. The van der Waals surface area contributed by atoms with Gasteiger partial charge >= 0.3 is 0 Å². The van der Waals surface area contributed by atoms with Gasteiger partial charge in [0, 0.05) is 34.6 Å². The first kappa shape index (κ1) is 16.9. The molecule has 23 heavy (non-hydrogen) atoms. The van der Waals surface area contributed by atoms with Gasteiger partial charge in [0.25, 0.3) is 0 Å². The molecule has 3 rings (SSSR count). The number of rotatable bonds is 4. The number of likely N-dealkylation sites (tertiary alicyclic amines) is 1. The number of amides is 1. The van der Waals surface area contributed by atoms with E-state index in [0.29, 0.717) is 27.9 Å². The van der Waals surface area contributed by atoms with Gasteiger partial charge in [-0.3, -0.25) is 4.79 Å². The molecule has 1 aliphatic heterocycles. The number of methoxy groups -OCH3 is 1. The highest BCUT2D eigenvalue weighted by Crippen LogP contribution is 2.37. The lowest BCUT2D eigenvalue weighted by molar-refractivity contribution is -0.130. The van der Waals surface area contributed by atoms with E-state index in [9.17, 15) is 4.79 Å². The maximum atomic E-state index is 12.0. The van der Waals surface area contributed by atoms with Gasteiger partial charge in [0.05, 0.1) is 7.11 Å². The third-order valence-corrected chi connectivity index (χ3v) is 5.69. The van der Waals surface area contributed by atoms with Crippen LogP contribution in [0, 0.1) is 5.92 Å². The Labute approximate surface area is 147 Å². The largest absolute Gasteiger partial charge is 0.496 e. The molecule has 1 saturated heterocycles. The van der Waals surface area contributed by atoms with Crippen molar-refractivity contribution < 1.29 is 9.53 Å². The molecule has 2 fully saturated rings. The van der Waals surface area contributed by atoms with Crippen molar-refractivity contribution in [3.8, 4) is 5.75 Å². The molecule has 1 aliphatic carbocycles. The van der Waals surface area contributed by atoms with Gasteiger partial charge < -0.3 is 9.64 Å². The van der Waals surface area contributed by atoms with E-state index in [1.807, 2.05) is 6.07 Å². The number of benzene rings is 1. The second-order valence-electron chi connectivity index (χ2n) is 6.65. The van der Waals surface area contributed by atoms with Crippen LogP contribution in [0.3, 0.4) is 0 Å². The van der Waals surface area contributed by atoms with Crippen LogP contribution in [0.5, 0.6) is 5.75 Å². The summed E-state index contributed by atoms with van der Waals surface area (Å²) >= 11 is 12.5. The number of carbonyl (C=O) groups excluding carboxylic acids is 1. The Morgan fingerprint density at radius 2 is 2.09 bits per heavy atom. The minimum absolute atomic E-state index is 0.331. The second-order valence-corrected chi connectivity index (χ2v) is 7.49. The maximum Gasteiger partial charge on any atom is 0.222 e. The average molecular weight is 356 g/mol. The van der Waals surface area contributed by atoms with Gasteiger partial charge in [0.1, 0.15) is 5.75 Å². The van der Waals surface area contributed by atoms with Crippen LogP contribution in [0.15, 0.2) is 12.1 Å². The predicted molar refractivity (Wildman–Crippen MR) is 93.4 cm³/mol. The highest BCUT2D eigenvalue weighted by molar-refractivity contribution is 6.35. The number of halogens is 2. The molecule has 0 bridgehead atoms. The summed E-state index contributed by atoms with van der Waals surface area (Å²) in [5.74, 6) is 1.63. The SMILES string of the molecule is COc1cc(Cl)cc(Cl)c1CC1CCCC(N2CCCC2=O)C1. The first-order valence-electron chi connectivity index (χ1n) is 8.40. The van der Waals surface area contributed by atoms with Gasteiger partial charge in [0.2, 0.25) is 5.91 Å². The number of carbonyl (C=O) groups is 1. The third kappa shape index (κ3) is 3.77. The standard InChI is InChI=1S/C18H23Cl2NO2/c1-23-17-11-13(19)10-16(20)15(17)9-12-4-2-5-14(8-12)21-7-3-6-18(21)22/h10-12,14H,2-9H2,1H3. The quantitative estimate of drug-likeness (QED) is 0.781. The van der Waals surface area contributed by atoms with Crippen molar-refractivity contribution in [2.45, 2.75) is 51.0 Å². The van der Waals surface area contributed by atoms with Crippen LogP contribution in [-0.4, -0.2) is 30.5 Å². The Balaban J connectivity index is 1.72. The van der Waals surface area contributed by atoms with E-state index in [0.717, 1.165) is 50.0 Å². The lowest BCUT2D eigenvalue weighted by Gasteiger charge is -2.35. The van der Waals surface area contributed by atoms with Crippen LogP contribution in [0.25, 0.3) is 0 Å². The fourth-order valence-electron chi connectivity index (χ4n) is 4.04. The van der Waals surface area contributed by atoms with Crippen LogP contribution in [0.2, 0.25) is 10.0 Å². The van der Waals surface area contributed by atoms with E-state index in [4.69, 9.17) is 27.9 Å². The highest BCUT2D eigenvalue weighted by Gasteiger charge is 2.32. The molecule has 1 heterocycles. The lowest BCUT2D eigenvalue weighted by Crippen LogP contribution is -2.39. The molecule has 3 nitrogen and oxygen atoms in total. The smallest absolute Gasteiger partial charge is 0.222 e. The summed E-state index contributed by atoms with van der Waals surface area (Å²) in [5, 5.41) is 1.27. The van der Waals surface area contributed by atoms with E-state index in [1.165, 1.54) is 12.8 Å². The monoisotopic (exact) mass is 355 g/mol. The number of ether oxygens (including phenoxy) is 1. The first-order chi connectivity index (χ1) is 11.1. The van der Waals surface area contributed by atoms with Crippen LogP contribution >= 0.6 is 23.2 Å². The zero-order valence-electron chi connectivity index (χ0n) is 13.5. The van der Waals surface area contributed by atoms with E-state index >= 15 is 0 Å². The minimum atomic E-state index is 0.331. The molecule has 1 amide bonds. The normalized spacial score (nSPS) is 25.0. The Bertz CT molecular complexity index is 591. The molecule has 2 aliphatic rings. The predicted octanol–water partition coefficient (Wildman–Crippen LogP) is 4.73. The van der Waals surface area contributed by atoms with E-state index in [2.05, 4.69) is 4.90 Å². The second kappa shape index (κ2) is 7.31. The third-order valence-electron chi connectivity index (χ3n) is 5.14. The molecule has 0 N–H and O–H groups in total. The molecule has 0 radical (unpaired) electrons. The summed E-state index contributed by atoms with van der Waals surface area (Å²) in [4.78, 5) is 14.1. The Morgan fingerprint density at radius 3 is 2.78 bits per heavy atom. The fraction of sp³-hybridized carbons (Fsp3) is 0.611. The lowest BCUT2D eigenvalue weighted by atomic mass is 9.81. The molecule has 2 unspecified atom stereocenters. The molecule has 2 atom stereocenters. The van der Waals surface area contributed by atoms with Gasteiger partial charge in [-0.15, -0.1) is 0 Å². The molecule has 0 spiro atoms. The highest BCUT2D eigenvalue weighted by atomic mass is 35.5. The van der Waals surface area contributed by atoms with E-state index < -0.39 is 0 Å². The summed E-state index contributed by atoms with van der Waals surface area (Å²) in [7, 11) is 1.65. The van der Waals surface area contributed by atoms with Crippen molar-refractivity contribution in [3.63, 3.8) is 0 Å². The zero-order valence-corrected chi connectivity index (χ0v) is 15.0. The molecule has 0 aromatic heterocycles.